The van der Waals surface area contributed by atoms with E-state index in [2.05, 4.69) is 15.1 Å². The van der Waals surface area contributed by atoms with Gasteiger partial charge in [0, 0.05) is 23.2 Å². The topological polar surface area (TPSA) is 140 Å². The molecule has 0 saturated carbocycles. The minimum Gasteiger partial charge on any atom is -0.323 e. The fourth-order valence-corrected chi connectivity index (χ4v) is 3.63. The Morgan fingerprint density at radius 1 is 1.43 bits per heavy atom. The second-order valence-electron chi connectivity index (χ2n) is 3.96. The van der Waals surface area contributed by atoms with Gasteiger partial charge in [0.1, 0.15) is 4.90 Å². The summed E-state index contributed by atoms with van der Waals surface area (Å²) in [6.07, 6.45) is 1.51. The number of hydrogen-bond acceptors (Lipinski definition) is 8. The summed E-state index contributed by atoms with van der Waals surface area (Å²) in [5.74, 6) is 5.25. The summed E-state index contributed by atoms with van der Waals surface area (Å²) < 4.78 is 26.9. The van der Waals surface area contributed by atoms with E-state index in [1.54, 1.807) is 6.92 Å². The standard InChI is InChI=1S/C10H11N5O4S2/c1-6-5-12-10(20-6)14-21(18,19)9-4-7(15(16)17)2-3-8(9)13-11/h2-5,13H,11H2,1H3,(H,12,14). The largest absolute Gasteiger partial charge is 0.323 e. The Hall–Kier alpha value is -2.24. The fourth-order valence-electron chi connectivity index (χ4n) is 1.54. The molecule has 2 rings (SSSR count). The van der Waals surface area contributed by atoms with Crippen LogP contribution in [0.4, 0.5) is 16.5 Å². The van der Waals surface area contributed by atoms with Gasteiger partial charge >= 0.3 is 0 Å². The van der Waals surface area contributed by atoms with Crippen LogP contribution in [-0.4, -0.2) is 18.3 Å². The molecule has 11 heteroatoms. The Morgan fingerprint density at radius 2 is 2.14 bits per heavy atom. The highest BCUT2D eigenvalue weighted by molar-refractivity contribution is 7.93. The summed E-state index contributed by atoms with van der Waals surface area (Å²) in [4.78, 5) is 14.5. The number of aryl methyl sites for hydroxylation is 1. The van der Waals surface area contributed by atoms with Crippen LogP contribution >= 0.6 is 11.3 Å². The zero-order chi connectivity index (χ0) is 15.6. The first-order valence-electron chi connectivity index (χ1n) is 5.54. The lowest BCUT2D eigenvalue weighted by Gasteiger charge is -2.10. The molecule has 1 heterocycles. The highest BCUT2D eigenvalue weighted by atomic mass is 32.2. The van der Waals surface area contributed by atoms with Crippen LogP contribution in [0.3, 0.4) is 0 Å². The van der Waals surface area contributed by atoms with E-state index in [0.29, 0.717) is 0 Å². The maximum absolute atomic E-state index is 12.3. The first-order chi connectivity index (χ1) is 9.83. The van der Waals surface area contributed by atoms with E-state index in [9.17, 15) is 18.5 Å². The Labute approximate surface area is 124 Å². The molecular formula is C10H11N5O4S2. The molecule has 0 fully saturated rings. The lowest BCUT2D eigenvalue weighted by Crippen LogP contribution is -2.17. The number of rotatable bonds is 5. The van der Waals surface area contributed by atoms with Crippen LogP contribution in [0.2, 0.25) is 0 Å². The van der Waals surface area contributed by atoms with Gasteiger partial charge in [-0.25, -0.2) is 13.4 Å². The highest BCUT2D eigenvalue weighted by Crippen LogP contribution is 2.28. The van der Waals surface area contributed by atoms with Crippen molar-refractivity contribution < 1.29 is 13.3 Å². The molecule has 0 unspecified atom stereocenters. The average Bonchev–Trinajstić information content (AvgIpc) is 2.82. The molecule has 0 amide bonds. The van der Waals surface area contributed by atoms with Crippen molar-refractivity contribution in [1.82, 2.24) is 4.98 Å². The summed E-state index contributed by atoms with van der Waals surface area (Å²) >= 11 is 1.15. The van der Waals surface area contributed by atoms with E-state index in [1.165, 1.54) is 12.3 Å². The van der Waals surface area contributed by atoms with Crippen molar-refractivity contribution >= 4 is 37.9 Å². The number of nitrogens with two attached hydrogens (primary N) is 1. The molecule has 4 N–H and O–H groups in total. The van der Waals surface area contributed by atoms with Gasteiger partial charge in [-0.3, -0.25) is 20.7 Å². The van der Waals surface area contributed by atoms with Crippen LogP contribution in [0.1, 0.15) is 4.88 Å². The molecule has 1 aromatic carbocycles. The van der Waals surface area contributed by atoms with E-state index in [1.807, 2.05) is 0 Å². The van der Waals surface area contributed by atoms with Gasteiger partial charge in [0.2, 0.25) is 0 Å². The number of anilines is 2. The molecule has 1 aromatic heterocycles. The summed E-state index contributed by atoms with van der Waals surface area (Å²) in [7, 11) is -4.05. The maximum atomic E-state index is 12.3. The zero-order valence-electron chi connectivity index (χ0n) is 10.7. The van der Waals surface area contributed by atoms with E-state index in [4.69, 9.17) is 5.84 Å². The molecule has 0 radical (unpaired) electrons. The van der Waals surface area contributed by atoms with Crippen LogP contribution in [0.15, 0.2) is 29.3 Å². The van der Waals surface area contributed by atoms with Gasteiger partial charge in [-0.2, -0.15) is 0 Å². The zero-order valence-corrected chi connectivity index (χ0v) is 12.4. The van der Waals surface area contributed by atoms with Gasteiger partial charge in [-0.05, 0) is 13.0 Å². The van der Waals surface area contributed by atoms with Gasteiger partial charge in [-0.15, -0.1) is 11.3 Å². The molecule has 2 aromatic rings. The average molecular weight is 329 g/mol. The summed E-state index contributed by atoms with van der Waals surface area (Å²) in [6.45, 7) is 1.77. The van der Waals surface area contributed by atoms with Crippen molar-refractivity contribution in [2.45, 2.75) is 11.8 Å². The van der Waals surface area contributed by atoms with Crippen molar-refractivity contribution in [3.05, 3.63) is 39.4 Å². The molecule has 0 aliphatic rings. The monoisotopic (exact) mass is 329 g/mol. The number of nitrogens with zero attached hydrogens (tertiary/aromatic N) is 2. The van der Waals surface area contributed by atoms with Gasteiger partial charge in [0.25, 0.3) is 15.7 Å². The van der Waals surface area contributed by atoms with Crippen molar-refractivity contribution in [2.75, 3.05) is 10.1 Å². The molecule has 0 bridgehead atoms. The summed E-state index contributed by atoms with van der Waals surface area (Å²) in [5.41, 5.74) is 1.89. The van der Waals surface area contributed by atoms with Crippen molar-refractivity contribution in [3.63, 3.8) is 0 Å². The maximum Gasteiger partial charge on any atom is 0.270 e. The SMILES string of the molecule is Cc1cnc(NS(=O)(=O)c2cc([N+](=O)[O-])ccc2NN)s1. The second-order valence-corrected chi connectivity index (χ2v) is 6.85. The van der Waals surface area contributed by atoms with E-state index in [-0.39, 0.29) is 21.4 Å². The summed E-state index contributed by atoms with van der Waals surface area (Å²) in [6, 6.07) is 3.31. The number of non-ortho nitro benzene ring substituents is 1. The van der Waals surface area contributed by atoms with Crippen molar-refractivity contribution in [1.29, 1.82) is 0 Å². The minimum absolute atomic E-state index is 0.0429. The van der Waals surface area contributed by atoms with E-state index < -0.39 is 14.9 Å². The molecule has 0 saturated heterocycles. The number of sulfonamides is 1. The molecule has 0 aliphatic heterocycles. The van der Waals surface area contributed by atoms with Crippen molar-refractivity contribution in [2.24, 2.45) is 5.84 Å². The molecule has 9 nitrogen and oxygen atoms in total. The van der Waals surface area contributed by atoms with Crippen LogP contribution in [0, 0.1) is 17.0 Å². The van der Waals surface area contributed by atoms with E-state index >= 15 is 0 Å². The Kier molecular flexibility index (Phi) is 4.06. The van der Waals surface area contributed by atoms with E-state index in [0.717, 1.165) is 28.3 Å². The first-order valence-corrected chi connectivity index (χ1v) is 7.84. The molecule has 0 atom stereocenters. The number of hydrogen-bond donors (Lipinski definition) is 3. The highest BCUT2D eigenvalue weighted by Gasteiger charge is 2.23. The lowest BCUT2D eigenvalue weighted by atomic mass is 10.3. The molecule has 21 heavy (non-hydrogen) atoms. The van der Waals surface area contributed by atoms with Gasteiger partial charge in [0.05, 0.1) is 10.6 Å². The Morgan fingerprint density at radius 3 is 2.67 bits per heavy atom. The third kappa shape index (κ3) is 3.26. The van der Waals surface area contributed by atoms with Gasteiger partial charge in [0.15, 0.2) is 5.13 Å². The number of hydrazine groups is 1. The molecular weight excluding hydrogens is 318 g/mol. The van der Waals surface area contributed by atoms with Gasteiger partial charge in [-0.1, -0.05) is 0 Å². The van der Waals surface area contributed by atoms with Crippen molar-refractivity contribution in [3.8, 4) is 0 Å². The van der Waals surface area contributed by atoms with Crippen LogP contribution < -0.4 is 16.0 Å². The quantitative estimate of drug-likeness (QED) is 0.428. The Bertz CT molecular complexity index is 786. The normalized spacial score (nSPS) is 11.1. The molecule has 0 aliphatic carbocycles. The first kappa shape index (κ1) is 15.2. The Balaban J connectivity index is 2.47. The molecule has 112 valence electrons. The van der Waals surface area contributed by atoms with Crippen LogP contribution in [0.25, 0.3) is 0 Å². The second kappa shape index (κ2) is 5.63. The number of aromatic nitrogens is 1. The predicted molar refractivity (Wildman–Crippen MR) is 78.6 cm³/mol. The number of benzene rings is 1. The smallest absolute Gasteiger partial charge is 0.270 e. The predicted octanol–water partition coefficient (Wildman–Crippen LogP) is 1.45. The fraction of sp³-hybridized carbons (Fsp3) is 0.100. The number of nitrogen functional groups attached to an aromatic ring is 1. The number of nitro groups is 1. The third-order valence-corrected chi connectivity index (χ3v) is 4.80. The minimum atomic E-state index is -4.05. The number of nitro benzene ring substituents is 1. The number of thiazole rings is 1. The number of nitrogens with one attached hydrogen (secondary N) is 2. The van der Waals surface area contributed by atoms with Gasteiger partial charge < -0.3 is 5.43 Å². The molecule has 0 spiro atoms. The summed E-state index contributed by atoms with van der Waals surface area (Å²) in [5, 5.41) is 10.9. The third-order valence-electron chi connectivity index (χ3n) is 2.46. The van der Waals surface area contributed by atoms with Crippen LogP contribution in [0.5, 0.6) is 0 Å². The van der Waals surface area contributed by atoms with Crippen LogP contribution in [-0.2, 0) is 10.0 Å². The lowest BCUT2D eigenvalue weighted by molar-refractivity contribution is -0.385.